The second-order valence-electron chi connectivity index (χ2n) is 2.08. The van der Waals surface area contributed by atoms with Crippen LogP contribution in [-0.2, 0) is 33.7 Å². The van der Waals surface area contributed by atoms with Crippen LogP contribution in [0.5, 0.6) is 0 Å². The molecule has 0 amide bonds. The van der Waals surface area contributed by atoms with Gasteiger partial charge in [-0.1, -0.05) is 0 Å². The molecule has 0 spiro atoms. The number of rotatable bonds is 4. The Morgan fingerprint density at radius 3 is 1.47 bits per heavy atom. The Balaban J connectivity index is -0.0000000507. The Morgan fingerprint density at radius 2 is 1.41 bits per heavy atom. The molecule has 17 heavy (non-hydrogen) atoms. The van der Waals surface area contributed by atoms with Gasteiger partial charge < -0.3 is 0 Å². The maximum absolute atomic E-state index is 7.50. The van der Waals surface area contributed by atoms with Gasteiger partial charge in [0.2, 0.25) is 0 Å². The molecule has 5 nitrogen and oxygen atoms in total. The van der Waals surface area contributed by atoms with Crippen molar-refractivity contribution in [3.8, 4) is 0 Å². The fourth-order valence-corrected chi connectivity index (χ4v) is 1.83. The zero-order chi connectivity index (χ0) is 15.3. The first kappa shape index (κ1) is 30.0. The van der Waals surface area contributed by atoms with E-state index >= 15 is 0 Å². The van der Waals surface area contributed by atoms with E-state index < -0.39 is 0 Å². The monoisotopic (exact) mass is 297 g/mol. The summed E-state index contributed by atoms with van der Waals surface area (Å²) >= 11 is 3.78. The van der Waals surface area contributed by atoms with Gasteiger partial charge in [0.25, 0.3) is 0 Å². The van der Waals surface area contributed by atoms with Crippen molar-refractivity contribution in [2.75, 3.05) is 6.54 Å². The topological polar surface area (TPSA) is 82.8 Å². The van der Waals surface area contributed by atoms with Gasteiger partial charge in [-0.25, -0.2) is 0 Å². The molecule has 0 aliphatic carbocycles. The zero-order valence-electron chi connectivity index (χ0n) is 9.45. The van der Waals surface area contributed by atoms with Crippen LogP contribution in [0.2, 0.25) is 0 Å². The molecule has 0 rings (SSSR count). The van der Waals surface area contributed by atoms with Crippen molar-refractivity contribution in [2.45, 2.75) is 19.9 Å². The molecule has 0 saturated heterocycles. The molecule has 0 saturated carbocycles. The third-order valence-electron chi connectivity index (χ3n) is 1.00. The summed E-state index contributed by atoms with van der Waals surface area (Å²) in [4.78, 5) is 0. The molecule has 0 aromatic carbocycles. The van der Waals surface area contributed by atoms with Crippen LogP contribution in [0.3, 0.4) is 0 Å². The average Bonchev–Trinajstić information content (AvgIpc) is 2.44. The number of hydrogen-bond acceptors (Lipinski definition) is 1. The van der Waals surface area contributed by atoms with Gasteiger partial charge >= 0.3 is 111 Å². The third kappa shape index (κ3) is 39.1. The summed E-state index contributed by atoms with van der Waals surface area (Å²) in [6.07, 6.45) is 1.90. The molecule has 0 radical (unpaired) electrons. The molecule has 0 fully saturated rings. The Kier molecular flexibility index (Phi) is 79.6. The number of hydrogen-bond donors (Lipinski definition) is 0. The normalized spacial score (nSPS) is 6.41. The summed E-state index contributed by atoms with van der Waals surface area (Å²) in [5.74, 6) is 0. The van der Waals surface area contributed by atoms with Crippen molar-refractivity contribution in [3.05, 3.63) is 39.3 Å². The van der Waals surface area contributed by atoms with Gasteiger partial charge in [-0.15, -0.1) is 0 Å². The predicted octanol–water partition coefficient (Wildman–Crippen LogP) is 2.06. The minimum atomic E-state index is 0.571. The Morgan fingerprint density at radius 1 is 1.12 bits per heavy atom. The molecule has 0 aliphatic heterocycles. The van der Waals surface area contributed by atoms with E-state index in [2.05, 4.69) is 66.8 Å². The van der Waals surface area contributed by atoms with Gasteiger partial charge in [-0.2, -0.15) is 0 Å². The van der Waals surface area contributed by atoms with Crippen LogP contribution in [0.1, 0.15) is 13.8 Å². The van der Waals surface area contributed by atoms with E-state index in [1.165, 1.54) is 0 Å². The van der Waals surface area contributed by atoms with Crippen LogP contribution in [0.15, 0.2) is 12.7 Å². The van der Waals surface area contributed by atoms with Crippen molar-refractivity contribution < 1.29 is 33.7 Å². The molecular formula is C10H12FeNO4P. The summed E-state index contributed by atoms with van der Waals surface area (Å²) in [6, 6.07) is 0.571. The Bertz CT molecular complexity index is 211. The predicted molar refractivity (Wildman–Crippen MR) is 54.7 cm³/mol. The Labute approximate surface area is 111 Å². The molecule has 94 valence electrons. The van der Waals surface area contributed by atoms with Crippen LogP contribution in [0.4, 0.5) is 0 Å². The molecule has 0 heterocycles. The number of nitrogens with zero attached hydrogens (tertiary/aromatic N) is 1. The van der Waals surface area contributed by atoms with E-state index in [4.69, 9.17) is 18.6 Å². The Hall–Kier alpha value is -0.521. The first-order valence-electron chi connectivity index (χ1n) is 3.72. The van der Waals surface area contributed by atoms with Crippen LogP contribution >= 0.6 is 6.98 Å². The average molecular weight is 297 g/mol. The van der Waals surface area contributed by atoms with Crippen molar-refractivity contribution in [2.24, 2.45) is 0 Å². The molecule has 0 aromatic rings. The molecule has 7 heteroatoms. The van der Waals surface area contributed by atoms with Crippen LogP contribution < -0.4 is 0 Å². The summed E-state index contributed by atoms with van der Waals surface area (Å²) in [5, 5.41) is 0. The first-order valence-corrected chi connectivity index (χ1v) is 5.92. The third-order valence-corrected chi connectivity index (χ3v) is 2.66. The molecule has 0 N–H and O–H groups in total. The molecule has 0 atom stereocenters. The van der Waals surface area contributed by atoms with Gasteiger partial charge in [0.15, 0.2) is 0 Å². The SMILES string of the molecule is C=CCN([P]=[Fe])C(C)C.[C-]#[O+].[C-]#[O+].[C-]#[O+].[C-]#[O+]. The standard InChI is InChI=1S/C6H12NP.4CO.Fe/c1-4-5-7(8)6(2)3;4*1-2;/h4,6H,1,5H2,2-3H3;;;;;. The van der Waals surface area contributed by atoms with Gasteiger partial charge in [-0.05, 0) is 0 Å². The molecule has 0 bridgehead atoms. The second-order valence-corrected chi connectivity index (χ2v) is 3.39. The first-order chi connectivity index (χ1) is 8.22. The fourth-order valence-electron chi connectivity index (χ4n) is 0.454. The van der Waals surface area contributed by atoms with E-state index in [1.807, 2.05) is 6.08 Å². The zero-order valence-corrected chi connectivity index (χ0v) is 11.4. The fraction of sp³-hybridized carbons (Fsp3) is 0.400. The van der Waals surface area contributed by atoms with Crippen molar-refractivity contribution in [3.63, 3.8) is 0 Å². The van der Waals surface area contributed by atoms with Gasteiger partial charge in [-0.3, -0.25) is 0 Å². The summed E-state index contributed by atoms with van der Waals surface area (Å²) in [5.41, 5.74) is 0. The van der Waals surface area contributed by atoms with Gasteiger partial charge in [0, 0.05) is 0 Å². The molecule has 0 aliphatic rings. The van der Waals surface area contributed by atoms with E-state index in [1.54, 1.807) is 0 Å². The van der Waals surface area contributed by atoms with Crippen molar-refractivity contribution in [1.82, 2.24) is 4.67 Å². The molecular weight excluding hydrogens is 285 g/mol. The second kappa shape index (κ2) is 45.1. The summed E-state index contributed by atoms with van der Waals surface area (Å²) < 4.78 is 32.2. The van der Waals surface area contributed by atoms with Gasteiger partial charge in [0.05, 0.1) is 0 Å². The van der Waals surface area contributed by atoms with Crippen molar-refractivity contribution >= 4 is 6.98 Å². The summed E-state index contributed by atoms with van der Waals surface area (Å²) in [6.45, 7) is 28.0. The maximum atomic E-state index is 7.50. The van der Waals surface area contributed by atoms with E-state index in [0.717, 1.165) is 13.5 Å². The molecule has 0 unspecified atom stereocenters. The van der Waals surface area contributed by atoms with Crippen LogP contribution in [0, 0.1) is 26.6 Å². The van der Waals surface area contributed by atoms with Gasteiger partial charge in [0.1, 0.15) is 0 Å². The van der Waals surface area contributed by atoms with E-state index in [9.17, 15) is 0 Å². The summed E-state index contributed by atoms with van der Waals surface area (Å²) in [7, 11) is 0. The van der Waals surface area contributed by atoms with E-state index in [0.29, 0.717) is 6.04 Å². The van der Waals surface area contributed by atoms with Crippen LogP contribution in [-0.4, -0.2) is 17.3 Å². The van der Waals surface area contributed by atoms with Crippen molar-refractivity contribution in [1.29, 1.82) is 0 Å². The van der Waals surface area contributed by atoms with Crippen LogP contribution in [0.25, 0.3) is 0 Å². The molecule has 0 aromatic heterocycles. The quantitative estimate of drug-likeness (QED) is 0.257. The minimum absolute atomic E-state index is 0.571. The van der Waals surface area contributed by atoms with E-state index in [-0.39, 0.29) is 0 Å².